The van der Waals surface area contributed by atoms with Crippen molar-refractivity contribution in [3.05, 3.63) is 24.4 Å². The first-order valence-corrected chi connectivity index (χ1v) is 3.38. The number of nitrogens with zero attached hydrogens (tertiary/aromatic N) is 1. The predicted octanol–water partition coefficient (Wildman–Crippen LogP) is 1.23. The Bertz CT molecular complexity index is 228. The maximum absolute atomic E-state index is 10.1. The van der Waals surface area contributed by atoms with Gasteiger partial charge in [-0.25, -0.2) is 4.79 Å². The highest BCUT2D eigenvalue weighted by Crippen LogP contribution is 2.08. The van der Waals surface area contributed by atoms with Gasteiger partial charge in [0, 0.05) is 24.4 Å². The first kappa shape index (κ1) is 7.72. The summed E-state index contributed by atoms with van der Waals surface area (Å²) in [5, 5.41) is 8.30. The Morgan fingerprint density at radius 3 is 3.09 bits per heavy atom. The molecule has 0 bridgehead atoms. The molecule has 0 aliphatic carbocycles. The first-order valence-electron chi connectivity index (χ1n) is 3.38. The fourth-order valence-electron chi connectivity index (χ4n) is 0.831. The van der Waals surface area contributed by atoms with E-state index in [1.165, 1.54) is 0 Å². The lowest BCUT2D eigenvalue weighted by molar-refractivity contribution is -0.131. The Morgan fingerprint density at radius 2 is 2.55 bits per heavy atom. The van der Waals surface area contributed by atoms with Crippen LogP contribution in [-0.2, 0) is 4.79 Å². The summed E-state index contributed by atoms with van der Waals surface area (Å²) in [5.41, 5.74) is 0. The van der Waals surface area contributed by atoms with Crippen molar-refractivity contribution in [2.75, 3.05) is 0 Å². The van der Waals surface area contributed by atoms with Crippen LogP contribution in [0.3, 0.4) is 0 Å². The topological polar surface area (TPSA) is 49.7 Å². The summed E-state index contributed by atoms with van der Waals surface area (Å²) in [7, 11) is 0. The van der Waals surface area contributed by atoms with Crippen molar-refractivity contribution in [2.24, 2.45) is 10.9 Å². The predicted molar refractivity (Wildman–Crippen MR) is 42.5 cm³/mol. The van der Waals surface area contributed by atoms with Crippen molar-refractivity contribution >= 4 is 12.2 Å². The Morgan fingerprint density at radius 1 is 1.73 bits per heavy atom. The van der Waals surface area contributed by atoms with Crippen molar-refractivity contribution < 1.29 is 9.90 Å². The minimum atomic E-state index is -0.902. The molecule has 0 aromatic rings. The highest BCUT2D eigenvalue weighted by molar-refractivity contribution is 5.79. The number of hydrogen-bond donors (Lipinski definition) is 1. The summed E-state index contributed by atoms with van der Waals surface area (Å²) in [5.74, 6) is -0.704. The number of aliphatic imine (C=N–C) groups is 1. The molecule has 1 rings (SSSR count). The van der Waals surface area contributed by atoms with Gasteiger partial charge in [0.1, 0.15) is 0 Å². The van der Waals surface area contributed by atoms with Gasteiger partial charge in [-0.15, -0.1) is 0 Å². The second-order valence-electron chi connectivity index (χ2n) is 2.27. The van der Waals surface area contributed by atoms with E-state index in [0.29, 0.717) is 0 Å². The van der Waals surface area contributed by atoms with Crippen LogP contribution in [0.5, 0.6) is 0 Å². The number of carboxylic acid groups (broad SMARTS) is 1. The van der Waals surface area contributed by atoms with Crippen molar-refractivity contribution in [2.45, 2.75) is 6.42 Å². The fraction of sp³-hybridized carbons (Fsp3) is 0.250. The number of allylic oxidation sites excluding steroid dienone is 2. The largest absolute Gasteiger partial charge is 0.478 e. The zero-order valence-electron chi connectivity index (χ0n) is 5.97. The molecule has 1 aliphatic rings. The lowest BCUT2D eigenvalue weighted by Gasteiger charge is -2.04. The van der Waals surface area contributed by atoms with Crippen molar-refractivity contribution in [3.63, 3.8) is 0 Å². The molecule has 0 aromatic carbocycles. The maximum Gasteiger partial charge on any atom is 0.327 e. The summed E-state index contributed by atoms with van der Waals surface area (Å²) in [4.78, 5) is 14.0. The van der Waals surface area contributed by atoms with E-state index in [-0.39, 0.29) is 5.92 Å². The number of carbonyl (C=O) groups is 1. The third-order valence-corrected chi connectivity index (χ3v) is 1.39. The van der Waals surface area contributed by atoms with Gasteiger partial charge >= 0.3 is 5.97 Å². The second-order valence-corrected chi connectivity index (χ2v) is 2.27. The maximum atomic E-state index is 10.1. The fourth-order valence-corrected chi connectivity index (χ4v) is 0.831. The SMILES string of the molecule is O=C(O)/C=C/C1C=CN=CC1. The molecule has 1 heterocycles. The number of aliphatic carboxylic acids is 1. The van der Waals surface area contributed by atoms with Crippen LogP contribution < -0.4 is 0 Å². The van der Waals surface area contributed by atoms with Crippen molar-refractivity contribution in [1.82, 2.24) is 0 Å². The highest BCUT2D eigenvalue weighted by atomic mass is 16.4. The second kappa shape index (κ2) is 3.71. The molecule has 0 aromatic heterocycles. The van der Waals surface area contributed by atoms with E-state index in [0.717, 1.165) is 12.5 Å². The van der Waals surface area contributed by atoms with E-state index in [1.807, 2.05) is 6.08 Å². The molecule has 11 heavy (non-hydrogen) atoms. The molecule has 0 saturated carbocycles. The number of hydrogen-bond acceptors (Lipinski definition) is 2. The minimum Gasteiger partial charge on any atom is -0.478 e. The zero-order chi connectivity index (χ0) is 8.10. The molecule has 3 nitrogen and oxygen atoms in total. The van der Waals surface area contributed by atoms with Crippen LogP contribution in [0.25, 0.3) is 0 Å². The van der Waals surface area contributed by atoms with Gasteiger partial charge in [0.05, 0.1) is 0 Å². The summed E-state index contributed by atoms with van der Waals surface area (Å²) in [6, 6.07) is 0. The van der Waals surface area contributed by atoms with Gasteiger partial charge in [0.25, 0.3) is 0 Å². The Labute approximate surface area is 64.8 Å². The normalized spacial score (nSPS) is 22.7. The summed E-state index contributed by atoms with van der Waals surface area (Å²) >= 11 is 0. The Balaban J connectivity index is 2.44. The van der Waals surface area contributed by atoms with Gasteiger partial charge in [-0.1, -0.05) is 12.2 Å². The van der Waals surface area contributed by atoms with Crippen LogP contribution in [0, 0.1) is 5.92 Å². The molecular weight excluding hydrogens is 142 g/mol. The standard InChI is InChI=1S/C8H9NO2/c10-8(11)2-1-7-3-5-9-6-4-7/h1-3,5-7H,4H2,(H,10,11)/b2-1+. The summed E-state index contributed by atoms with van der Waals surface area (Å²) in [6.07, 6.45) is 8.94. The smallest absolute Gasteiger partial charge is 0.327 e. The minimum absolute atomic E-state index is 0.198. The van der Waals surface area contributed by atoms with Gasteiger partial charge in [0.15, 0.2) is 0 Å². The van der Waals surface area contributed by atoms with Crippen LogP contribution in [-0.4, -0.2) is 17.3 Å². The lowest BCUT2D eigenvalue weighted by atomic mass is 10.0. The van der Waals surface area contributed by atoms with Gasteiger partial charge in [-0.05, 0) is 6.42 Å². The van der Waals surface area contributed by atoms with Gasteiger partial charge in [0.2, 0.25) is 0 Å². The van der Waals surface area contributed by atoms with E-state index < -0.39 is 5.97 Å². The van der Waals surface area contributed by atoms with Gasteiger partial charge in [-0.2, -0.15) is 0 Å². The number of carboxylic acids is 1. The van der Waals surface area contributed by atoms with Crippen LogP contribution in [0.2, 0.25) is 0 Å². The highest BCUT2D eigenvalue weighted by Gasteiger charge is 2.00. The van der Waals surface area contributed by atoms with E-state index in [9.17, 15) is 4.79 Å². The molecule has 0 saturated heterocycles. The van der Waals surface area contributed by atoms with Crippen LogP contribution >= 0.6 is 0 Å². The van der Waals surface area contributed by atoms with Gasteiger partial charge < -0.3 is 5.11 Å². The molecule has 58 valence electrons. The first-order chi connectivity index (χ1) is 5.29. The average molecular weight is 151 g/mol. The van der Waals surface area contributed by atoms with Crippen LogP contribution in [0.1, 0.15) is 6.42 Å². The van der Waals surface area contributed by atoms with E-state index >= 15 is 0 Å². The summed E-state index contributed by atoms with van der Waals surface area (Å²) < 4.78 is 0. The van der Waals surface area contributed by atoms with E-state index in [2.05, 4.69) is 4.99 Å². The van der Waals surface area contributed by atoms with Crippen LogP contribution in [0.15, 0.2) is 29.4 Å². The molecular formula is C8H9NO2. The molecule has 0 radical (unpaired) electrons. The van der Waals surface area contributed by atoms with Crippen LogP contribution in [0.4, 0.5) is 0 Å². The molecule has 1 unspecified atom stereocenters. The Hall–Kier alpha value is -1.38. The molecule has 0 fully saturated rings. The third kappa shape index (κ3) is 2.80. The molecule has 0 spiro atoms. The van der Waals surface area contributed by atoms with Gasteiger partial charge in [-0.3, -0.25) is 4.99 Å². The van der Waals surface area contributed by atoms with Crippen molar-refractivity contribution in [1.29, 1.82) is 0 Å². The Kier molecular flexibility index (Phi) is 2.60. The molecule has 1 atom stereocenters. The molecule has 3 heteroatoms. The number of rotatable bonds is 2. The third-order valence-electron chi connectivity index (χ3n) is 1.39. The van der Waals surface area contributed by atoms with Crippen molar-refractivity contribution in [3.8, 4) is 0 Å². The molecule has 1 N–H and O–H groups in total. The lowest BCUT2D eigenvalue weighted by Crippen LogP contribution is -1.97. The average Bonchev–Trinajstić information content (AvgIpc) is 2.03. The molecule has 0 amide bonds. The zero-order valence-corrected chi connectivity index (χ0v) is 5.97. The molecule has 1 aliphatic heterocycles. The van der Waals surface area contributed by atoms with E-state index in [1.54, 1.807) is 18.5 Å². The monoisotopic (exact) mass is 151 g/mol. The quantitative estimate of drug-likeness (QED) is 0.603. The van der Waals surface area contributed by atoms with E-state index in [4.69, 9.17) is 5.11 Å². The summed E-state index contributed by atoms with van der Waals surface area (Å²) in [6.45, 7) is 0.